The van der Waals surface area contributed by atoms with Gasteiger partial charge in [0.15, 0.2) is 5.82 Å². The standard InChI is InChI=1S/C7H12ClN5O/c8-2-1-3-14-6-4(9)5(10)12-7(11)13-6/h1-3,9H2,(H4,10,11,12,13). The van der Waals surface area contributed by atoms with E-state index >= 15 is 0 Å². The Morgan fingerprint density at radius 3 is 2.57 bits per heavy atom. The number of halogens is 1. The van der Waals surface area contributed by atoms with Crippen LogP contribution in [0.4, 0.5) is 17.5 Å². The van der Waals surface area contributed by atoms with Crippen molar-refractivity contribution in [2.24, 2.45) is 0 Å². The summed E-state index contributed by atoms with van der Waals surface area (Å²) in [6.45, 7) is 0.420. The Bertz CT molecular complexity index is 319. The van der Waals surface area contributed by atoms with E-state index in [2.05, 4.69) is 9.97 Å². The third-order valence-corrected chi connectivity index (χ3v) is 1.74. The molecule has 0 saturated carbocycles. The van der Waals surface area contributed by atoms with E-state index in [1.165, 1.54) is 0 Å². The molecule has 0 aromatic carbocycles. The van der Waals surface area contributed by atoms with Gasteiger partial charge in [0.25, 0.3) is 0 Å². The highest BCUT2D eigenvalue weighted by Gasteiger charge is 2.08. The van der Waals surface area contributed by atoms with Gasteiger partial charge in [0.1, 0.15) is 5.69 Å². The molecule has 0 unspecified atom stereocenters. The van der Waals surface area contributed by atoms with E-state index in [1.807, 2.05) is 0 Å². The topological polar surface area (TPSA) is 113 Å². The van der Waals surface area contributed by atoms with Crippen LogP contribution in [0.2, 0.25) is 0 Å². The molecule has 0 aliphatic carbocycles. The van der Waals surface area contributed by atoms with Crippen molar-refractivity contribution in [3.8, 4) is 5.88 Å². The van der Waals surface area contributed by atoms with E-state index in [-0.39, 0.29) is 23.3 Å². The molecule has 0 bridgehead atoms. The number of nitrogens with two attached hydrogens (primary N) is 3. The molecule has 1 rings (SSSR count). The van der Waals surface area contributed by atoms with Gasteiger partial charge in [-0.25, -0.2) is 0 Å². The smallest absolute Gasteiger partial charge is 0.244 e. The van der Waals surface area contributed by atoms with Crippen molar-refractivity contribution in [3.63, 3.8) is 0 Å². The Balaban J connectivity index is 2.75. The number of anilines is 3. The van der Waals surface area contributed by atoms with E-state index in [1.54, 1.807) is 0 Å². The van der Waals surface area contributed by atoms with E-state index in [9.17, 15) is 0 Å². The highest BCUT2D eigenvalue weighted by atomic mass is 35.5. The monoisotopic (exact) mass is 217 g/mol. The predicted octanol–water partition coefficient (Wildman–Crippen LogP) is 0.231. The van der Waals surface area contributed by atoms with Gasteiger partial charge in [0, 0.05) is 5.88 Å². The lowest BCUT2D eigenvalue weighted by molar-refractivity contribution is 0.308. The van der Waals surface area contributed by atoms with Crippen LogP contribution in [0.3, 0.4) is 0 Å². The first-order valence-electron chi connectivity index (χ1n) is 4.02. The average molecular weight is 218 g/mol. The fraction of sp³-hybridized carbons (Fsp3) is 0.429. The summed E-state index contributed by atoms with van der Waals surface area (Å²) in [7, 11) is 0. The van der Waals surface area contributed by atoms with Crippen molar-refractivity contribution < 1.29 is 4.74 Å². The van der Waals surface area contributed by atoms with Crippen LogP contribution in [-0.4, -0.2) is 22.5 Å². The van der Waals surface area contributed by atoms with Crippen molar-refractivity contribution in [2.75, 3.05) is 29.7 Å². The van der Waals surface area contributed by atoms with Gasteiger partial charge < -0.3 is 21.9 Å². The molecule has 0 fully saturated rings. The third kappa shape index (κ3) is 2.53. The number of nitrogen functional groups attached to an aromatic ring is 3. The summed E-state index contributed by atoms with van der Waals surface area (Å²) >= 11 is 5.48. The second-order valence-electron chi connectivity index (χ2n) is 2.58. The number of aromatic nitrogens is 2. The highest BCUT2D eigenvalue weighted by Crippen LogP contribution is 2.24. The summed E-state index contributed by atoms with van der Waals surface area (Å²) in [5.41, 5.74) is 16.6. The molecule has 7 heteroatoms. The average Bonchev–Trinajstić information content (AvgIpc) is 2.13. The molecule has 1 aromatic heterocycles. The summed E-state index contributed by atoms with van der Waals surface area (Å²) < 4.78 is 5.22. The molecule has 78 valence electrons. The van der Waals surface area contributed by atoms with E-state index in [0.29, 0.717) is 18.9 Å². The lowest BCUT2D eigenvalue weighted by Gasteiger charge is -2.08. The third-order valence-electron chi connectivity index (χ3n) is 1.47. The molecule has 1 heterocycles. The molecule has 0 spiro atoms. The zero-order valence-corrected chi connectivity index (χ0v) is 8.29. The van der Waals surface area contributed by atoms with Crippen molar-refractivity contribution in [3.05, 3.63) is 0 Å². The zero-order chi connectivity index (χ0) is 10.6. The molecule has 0 radical (unpaired) electrons. The van der Waals surface area contributed by atoms with Crippen molar-refractivity contribution >= 4 is 29.1 Å². The Kier molecular flexibility index (Phi) is 3.58. The number of alkyl halides is 1. The van der Waals surface area contributed by atoms with E-state index < -0.39 is 0 Å². The van der Waals surface area contributed by atoms with Gasteiger partial charge in [0.05, 0.1) is 6.61 Å². The van der Waals surface area contributed by atoms with Gasteiger partial charge >= 0.3 is 0 Å². The lowest BCUT2D eigenvalue weighted by atomic mass is 10.4. The van der Waals surface area contributed by atoms with Gasteiger partial charge in [-0.3, -0.25) is 0 Å². The van der Waals surface area contributed by atoms with Crippen molar-refractivity contribution in [2.45, 2.75) is 6.42 Å². The molecule has 6 nitrogen and oxygen atoms in total. The molecular weight excluding hydrogens is 206 g/mol. The van der Waals surface area contributed by atoms with Crippen LogP contribution in [0.15, 0.2) is 0 Å². The first kappa shape index (κ1) is 10.6. The van der Waals surface area contributed by atoms with Crippen molar-refractivity contribution in [1.29, 1.82) is 0 Å². The Morgan fingerprint density at radius 2 is 1.93 bits per heavy atom. The quantitative estimate of drug-likeness (QED) is 0.492. The number of nitrogens with zero attached hydrogens (tertiary/aromatic N) is 2. The minimum atomic E-state index is 0.0394. The normalized spacial score (nSPS) is 10.1. The maximum absolute atomic E-state index is 5.57. The minimum absolute atomic E-state index is 0.0394. The first-order valence-corrected chi connectivity index (χ1v) is 4.56. The largest absolute Gasteiger partial charge is 0.476 e. The molecule has 1 aromatic rings. The van der Waals surface area contributed by atoms with Gasteiger partial charge in [0.2, 0.25) is 11.8 Å². The van der Waals surface area contributed by atoms with E-state index in [4.69, 9.17) is 33.5 Å². The van der Waals surface area contributed by atoms with Crippen LogP contribution in [0, 0.1) is 0 Å². The molecule has 0 saturated heterocycles. The Hall–Kier alpha value is -1.43. The first-order chi connectivity index (χ1) is 6.65. The fourth-order valence-corrected chi connectivity index (χ4v) is 0.925. The highest BCUT2D eigenvalue weighted by molar-refractivity contribution is 6.17. The van der Waals surface area contributed by atoms with Crippen molar-refractivity contribution in [1.82, 2.24) is 9.97 Å². The van der Waals surface area contributed by atoms with Gasteiger partial charge in [-0.1, -0.05) is 0 Å². The van der Waals surface area contributed by atoms with Crippen LogP contribution in [0.25, 0.3) is 0 Å². The number of hydrogen-bond acceptors (Lipinski definition) is 6. The lowest BCUT2D eigenvalue weighted by Crippen LogP contribution is -2.09. The summed E-state index contributed by atoms with van der Waals surface area (Å²) in [4.78, 5) is 7.48. The van der Waals surface area contributed by atoms with E-state index in [0.717, 1.165) is 0 Å². The SMILES string of the molecule is Nc1nc(N)c(N)c(OCCCCl)n1. The number of hydrogen-bond donors (Lipinski definition) is 3. The van der Waals surface area contributed by atoms with Gasteiger partial charge in [-0.15, -0.1) is 11.6 Å². The van der Waals surface area contributed by atoms with Gasteiger partial charge in [-0.05, 0) is 6.42 Å². The van der Waals surface area contributed by atoms with Crippen LogP contribution < -0.4 is 21.9 Å². The van der Waals surface area contributed by atoms with Crippen LogP contribution in [0.1, 0.15) is 6.42 Å². The Morgan fingerprint density at radius 1 is 1.21 bits per heavy atom. The van der Waals surface area contributed by atoms with Crippen LogP contribution in [-0.2, 0) is 0 Å². The molecule has 0 atom stereocenters. The minimum Gasteiger partial charge on any atom is -0.476 e. The summed E-state index contributed by atoms with van der Waals surface area (Å²) in [6.07, 6.45) is 0.699. The van der Waals surface area contributed by atoms with Gasteiger partial charge in [-0.2, -0.15) is 9.97 Å². The fourth-order valence-electron chi connectivity index (χ4n) is 0.816. The maximum Gasteiger partial charge on any atom is 0.244 e. The number of ether oxygens (including phenoxy) is 1. The second-order valence-corrected chi connectivity index (χ2v) is 2.95. The predicted molar refractivity (Wildman–Crippen MR) is 56.1 cm³/mol. The molecule has 0 aliphatic rings. The van der Waals surface area contributed by atoms with Crippen LogP contribution in [0.5, 0.6) is 5.88 Å². The molecule has 14 heavy (non-hydrogen) atoms. The molecular formula is C7H12ClN5O. The Labute approximate surface area is 86.4 Å². The summed E-state index contributed by atoms with van der Waals surface area (Å²) in [6, 6.07) is 0. The number of rotatable bonds is 4. The van der Waals surface area contributed by atoms with Crippen LogP contribution >= 0.6 is 11.6 Å². The molecule has 6 N–H and O–H groups in total. The zero-order valence-electron chi connectivity index (χ0n) is 7.53. The molecule has 0 amide bonds. The second kappa shape index (κ2) is 4.71. The summed E-state index contributed by atoms with van der Waals surface area (Å²) in [5.74, 6) is 0.881. The molecule has 0 aliphatic heterocycles. The summed E-state index contributed by atoms with van der Waals surface area (Å²) in [5, 5.41) is 0. The maximum atomic E-state index is 5.57.